The molecule has 2 rings (SSSR count). The maximum atomic E-state index is 12.2. The lowest BCUT2D eigenvalue weighted by atomic mass is 9.93. The Morgan fingerprint density at radius 3 is 2.57 bits per heavy atom. The van der Waals surface area contributed by atoms with Crippen molar-refractivity contribution >= 4 is 17.4 Å². The van der Waals surface area contributed by atoms with Gasteiger partial charge in [-0.25, -0.2) is 9.78 Å². The third-order valence-electron chi connectivity index (χ3n) is 3.42. The van der Waals surface area contributed by atoms with Crippen LogP contribution in [-0.2, 0) is 16.7 Å². The molecule has 21 heavy (non-hydrogen) atoms. The van der Waals surface area contributed by atoms with Gasteiger partial charge in [0.15, 0.2) is 0 Å². The second-order valence-corrected chi connectivity index (χ2v) is 7.64. The summed E-state index contributed by atoms with van der Waals surface area (Å²) in [5.74, 6) is 0. The first-order valence-electron chi connectivity index (χ1n) is 7.39. The standard InChI is InChI=1S/C15H25N3O2S/c1-10-7-18(8-11(2)20-10)14(19)16-6-13-17-12(9-21-13)15(3,4)5/h9-11H,6-8H2,1-5H3,(H,16,19). The van der Waals surface area contributed by atoms with Crippen LogP contribution in [-0.4, -0.2) is 41.2 Å². The molecule has 1 aromatic heterocycles. The van der Waals surface area contributed by atoms with Crippen molar-refractivity contribution < 1.29 is 9.53 Å². The Morgan fingerprint density at radius 1 is 1.43 bits per heavy atom. The summed E-state index contributed by atoms with van der Waals surface area (Å²) in [7, 11) is 0. The van der Waals surface area contributed by atoms with E-state index in [0.717, 1.165) is 10.7 Å². The quantitative estimate of drug-likeness (QED) is 0.913. The monoisotopic (exact) mass is 311 g/mol. The Hall–Kier alpha value is -1.14. The summed E-state index contributed by atoms with van der Waals surface area (Å²) in [5.41, 5.74) is 1.12. The van der Waals surface area contributed by atoms with E-state index in [2.05, 4.69) is 36.5 Å². The molecule has 2 amide bonds. The summed E-state index contributed by atoms with van der Waals surface area (Å²) >= 11 is 1.60. The Bertz CT molecular complexity index is 485. The van der Waals surface area contributed by atoms with E-state index in [1.165, 1.54) is 0 Å². The van der Waals surface area contributed by atoms with Gasteiger partial charge in [0.25, 0.3) is 0 Å². The summed E-state index contributed by atoms with van der Waals surface area (Å²) in [4.78, 5) is 18.6. The van der Waals surface area contributed by atoms with Crippen LogP contribution in [0.4, 0.5) is 4.79 Å². The van der Waals surface area contributed by atoms with E-state index >= 15 is 0 Å². The van der Waals surface area contributed by atoms with E-state index in [0.29, 0.717) is 19.6 Å². The summed E-state index contributed by atoms with van der Waals surface area (Å²) in [6.07, 6.45) is 0.179. The second-order valence-electron chi connectivity index (χ2n) is 6.70. The van der Waals surface area contributed by atoms with Crippen molar-refractivity contribution in [3.63, 3.8) is 0 Å². The molecule has 2 heterocycles. The number of nitrogens with one attached hydrogen (secondary N) is 1. The minimum atomic E-state index is -0.0375. The predicted molar refractivity (Wildman–Crippen MR) is 84.6 cm³/mol. The number of hydrogen-bond donors (Lipinski definition) is 1. The molecule has 0 aliphatic carbocycles. The molecule has 6 heteroatoms. The van der Waals surface area contributed by atoms with Gasteiger partial charge in [0.1, 0.15) is 5.01 Å². The van der Waals surface area contributed by atoms with Gasteiger partial charge in [-0.1, -0.05) is 20.8 Å². The lowest BCUT2D eigenvalue weighted by molar-refractivity contribution is -0.0545. The molecule has 1 aliphatic rings. The fraction of sp³-hybridized carbons (Fsp3) is 0.733. The van der Waals surface area contributed by atoms with Gasteiger partial charge >= 0.3 is 6.03 Å². The van der Waals surface area contributed by atoms with Crippen molar-refractivity contribution in [2.45, 2.75) is 58.8 Å². The van der Waals surface area contributed by atoms with Crippen LogP contribution >= 0.6 is 11.3 Å². The van der Waals surface area contributed by atoms with Gasteiger partial charge in [-0.2, -0.15) is 0 Å². The van der Waals surface area contributed by atoms with Crippen molar-refractivity contribution in [2.24, 2.45) is 0 Å². The Kier molecular flexibility index (Phi) is 4.88. The molecule has 0 radical (unpaired) electrons. The number of rotatable bonds is 2. The van der Waals surface area contributed by atoms with Crippen molar-refractivity contribution in [3.8, 4) is 0 Å². The number of thiazole rings is 1. The highest BCUT2D eigenvalue weighted by atomic mass is 32.1. The van der Waals surface area contributed by atoms with Crippen LogP contribution in [0.5, 0.6) is 0 Å². The van der Waals surface area contributed by atoms with Crippen LogP contribution in [0.15, 0.2) is 5.38 Å². The van der Waals surface area contributed by atoms with Gasteiger partial charge in [0.05, 0.1) is 24.4 Å². The van der Waals surface area contributed by atoms with Crippen LogP contribution in [0.2, 0.25) is 0 Å². The van der Waals surface area contributed by atoms with Crippen LogP contribution < -0.4 is 5.32 Å². The summed E-state index contributed by atoms with van der Waals surface area (Å²) in [6, 6.07) is -0.0375. The number of hydrogen-bond acceptors (Lipinski definition) is 4. The highest BCUT2D eigenvalue weighted by molar-refractivity contribution is 7.09. The molecule has 0 aromatic carbocycles. The van der Waals surface area contributed by atoms with E-state index in [4.69, 9.17) is 4.74 Å². The molecule has 5 nitrogen and oxygen atoms in total. The van der Waals surface area contributed by atoms with Crippen LogP contribution in [0.3, 0.4) is 0 Å². The van der Waals surface area contributed by atoms with E-state index < -0.39 is 0 Å². The van der Waals surface area contributed by atoms with Crippen LogP contribution in [0.1, 0.15) is 45.3 Å². The Balaban J connectivity index is 1.88. The molecule has 1 saturated heterocycles. The molecular weight excluding hydrogens is 286 g/mol. The number of amides is 2. The van der Waals surface area contributed by atoms with E-state index in [1.54, 1.807) is 11.3 Å². The van der Waals surface area contributed by atoms with Gasteiger partial charge < -0.3 is 15.0 Å². The smallest absolute Gasteiger partial charge is 0.317 e. The second kappa shape index (κ2) is 6.32. The van der Waals surface area contributed by atoms with Gasteiger partial charge in [-0.3, -0.25) is 0 Å². The summed E-state index contributed by atoms with van der Waals surface area (Å²) < 4.78 is 5.64. The zero-order valence-corrected chi connectivity index (χ0v) is 14.3. The lowest BCUT2D eigenvalue weighted by Crippen LogP contribution is -2.51. The van der Waals surface area contributed by atoms with Gasteiger partial charge in [0, 0.05) is 23.9 Å². The van der Waals surface area contributed by atoms with Crippen LogP contribution in [0.25, 0.3) is 0 Å². The van der Waals surface area contributed by atoms with Crippen molar-refractivity contribution in [1.29, 1.82) is 0 Å². The topological polar surface area (TPSA) is 54.5 Å². The lowest BCUT2D eigenvalue weighted by Gasteiger charge is -2.35. The molecule has 0 bridgehead atoms. The third kappa shape index (κ3) is 4.41. The minimum absolute atomic E-state index is 0.0375. The third-order valence-corrected chi connectivity index (χ3v) is 4.27. The molecule has 1 aromatic rings. The Labute approximate surface area is 130 Å². The first-order chi connectivity index (χ1) is 9.75. The molecule has 118 valence electrons. The largest absolute Gasteiger partial charge is 0.372 e. The molecule has 1 aliphatic heterocycles. The van der Waals surface area contributed by atoms with E-state index in [9.17, 15) is 4.79 Å². The first kappa shape index (κ1) is 16.2. The molecule has 0 spiro atoms. The number of carbonyl (C=O) groups is 1. The zero-order valence-electron chi connectivity index (χ0n) is 13.5. The molecule has 2 unspecified atom stereocenters. The average Bonchev–Trinajstić information content (AvgIpc) is 2.83. The van der Waals surface area contributed by atoms with Crippen LogP contribution in [0, 0.1) is 0 Å². The number of urea groups is 1. The number of nitrogens with zero attached hydrogens (tertiary/aromatic N) is 2. The molecule has 2 atom stereocenters. The zero-order chi connectivity index (χ0) is 15.6. The highest BCUT2D eigenvalue weighted by Crippen LogP contribution is 2.23. The average molecular weight is 311 g/mol. The number of carbonyl (C=O) groups excluding carboxylic acids is 1. The first-order valence-corrected chi connectivity index (χ1v) is 8.27. The van der Waals surface area contributed by atoms with Gasteiger partial charge in [-0.15, -0.1) is 11.3 Å². The molecule has 0 saturated carbocycles. The van der Waals surface area contributed by atoms with Crippen molar-refractivity contribution in [1.82, 2.24) is 15.2 Å². The van der Waals surface area contributed by atoms with Crippen molar-refractivity contribution in [3.05, 3.63) is 16.1 Å². The van der Waals surface area contributed by atoms with Crippen molar-refractivity contribution in [2.75, 3.05) is 13.1 Å². The summed E-state index contributed by atoms with van der Waals surface area (Å²) in [6.45, 7) is 12.2. The fourth-order valence-corrected chi connectivity index (χ4v) is 3.30. The van der Waals surface area contributed by atoms with E-state index in [1.807, 2.05) is 18.7 Å². The number of ether oxygens (including phenoxy) is 1. The van der Waals surface area contributed by atoms with Gasteiger partial charge in [-0.05, 0) is 13.8 Å². The number of morpholine rings is 1. The predicted octanol–water partition coefficient (Wildman–Crippen LogP) is 2.76. The molecule has 1 N–H and O–H groups in total. The maximum absolute atomic E-state index is 12.2. The summed E-state index contributed by atoms with van der Waals surface area (Å²) in [5, 5.41) is 5.97. The number of aromatic nitrogens is 1. The maximum Gasteiger partial charge on any atom is 0.317 e. The molecular formula is C15H25N3O2S. The fourth-order valence-electron chi connectivity index (χ4n) is 2.34. The minimum Gasteiger partial charge on any atom is -0.372 e. The Morgan fingerprint density at radius 2 is 2.05 bits per heavy atom. The highest BCUT2D eigenvalue weighted by Gasteiger charge is 2.26. The molecule has 1 fully saturated rings. The van der Waals surface area contributed by atoms with E-state index in [-0.39, 0.29) is 23.7 Å². The normalized spacial score (nSPS) is 23.2. The van der Waals surface area contributed by atoms with Gasteiger partial charge in [0.2, 0.25) is 0 Å². The SMILES string of the molecule is CC1CN(C(=O)NCc2nc(C(C)(C)C)cs2)CC(C)O1.